The Kier molecular flexibility index (Phi) is 4.57. The van der Waals surface area contributed by atoms with Crippen LogP contribution in [0.5, 0.6) is 11.5 Å². The second-order valence-corrected chi connectivity index (χ2v) is 4.60. The van der Waals surface area contributed by atoms with Gasteiger partial charge < -0.3 is 19.7 Å². The molecular weight excluding hydrogens is 258 g/mol. The van der Waals surface area contributed by atoms with E-state index in [0.717, 1.165) is 12.0 Å². The molecule has 0 bridgehead atoms. The first-order valence-electron chi connectivity index (χ1n) is 6.44. The smallest absolute Gasteiger partial charge is 0.227 e. The predicted molar refractivity (Wildman–Crippen MR) is 74.8 cm³/mol. The number of nitrogens with zero attached hydrogens (tertiary/aromatic N) is 2. The van der Waals surface area contributed by atoms with Crippen molar-refractivity contribution in [2.45, 2.75) is 25.8 Å². The van der Waals surface area contributed by atoms with Gasteiger partial charge in [0.1, 0.15) is 0 Å². The Bertz CT molecular complexity index is 567. The summed E-state index contributed by atoms with van der Waals surface area (Å²) < 4.78 is 15.7. The first kappa shape index (κ1) is 14.3. The third-order valence-corrected chi connectivity index (χ3v) is 2.92. The van der Waals surface area contributed by atoms with Gasteiger partial charge in [-0.2, -0.15) is 4.98 Å². The molecule has 1 heterocycles. The fourth-order valence-corrected chi connectivity index (χ4v) is 1.80. The third kappa shape index (κ3) is 3.27. The van der Waals surface area contributed by atoms with Gasteiger partial charge in [-0.3, -0.25) is 0 Å². The summed E-state index contributed by atoms with van der Waals surface area (Å²) in [5, 5.41) is 3.97. The first-order valence-corrected chi connectivity index (χ1v) is 6.44. The van der Waals surface area contributed by atoms with Gasteiger partial charge >= 0.3 is 0 Å². The van der Waals surface area contributed by atoms with Crippen LogP contribution in [0.1, 0.15) is 19.2 Å². The molecule has 2 aromatic rings. The lowest BCUT2D eigenvalue weighted by atomic mass is 10.2. The summed E-state index contributed by atoms with van der Waals surface area (Å²) >= 11 is 0. The topological polar surface area (TPSA) is 83.4 Å². The lowest BCUT2D eigenvalue weighted by molar-refractivity contribution is 0.355. The van der Waals surface area contributed by atoms with Crippen LogP contribution in [0.3, 0.4) is 0 Å². The van der Waals surface area contributed by atoms with E-state index < -0.39 is 0 Å². The molecule has 0 aliphatic carbocycles. The molecule has 108 valence electrons. The van der Waals surface area contributed by atoms with Crippen molar-refractivity contribution in [3.63, 3.8) is 0 Å². The maximum Gasteiger partial charge on any atom is 0.227 e. The number of aryl methyl sites for hydroxylation is 1. The molecule has 1 unspecified atom stereocenters. The van der Waals surface area contributed by atoms with Crippen molar-refractivity contribution in [3.8, 4) is 22.9 Å². The number of nitrogens with two attached hydrogens (primary N) is 1. The second-order valence-electron chi connectivity index (χ2n) is 4.60. The van der Waals surface area contributed by atoms with Gasteiger partial charge in [0.15, 0.2) is 11.5 Å². The summed E-state index contributed by atoms with van der Waals surface area (Å²) in [4.78, 5) is 4.35. The zero-order chi connectivity index (χ0) is 14.5. The highest BCUT2D eigenvalue weighted by molar-refractivity contribution is 5.60. The molecule has 0 aliphatic rings. The van der Waals surface area contributed by atoms with Crippen molar-refractivity contribution in [3.05, 3.63) is 24.1 Å². The van der Waals surface area contributed by atoms with E-state index in [2.05, 4.69) is 10.1 Å². The molecule has 6 nitrogen and oxygen atoms in total. The van der Waals surface area contributed by atoms with Crippen molar-refractivity contribution in [1.29, 1.82) is 0 Å². The zero-order valence-electron chi connectivity index (χ0n) is 11.9. The van der Waals surface area contributed by atoms with Crippen molar-refractivity contribution in [2.24, 2.45) is 5.73 Å². The maximum atomic E-state index is 5.71. The van der Waals surface area contributed by atoms with Crippen LogP contribution in [0.4, 0.5) is 0 Å². The summed E-state index contributed by atoms with van der Waals surface area (Å²) in [6.07, 6.45) is 1.49. The Morgan fingerprint density at radius 1 is 1.25 bits per heavy atom. The summed E-state index contributed by atoms with van der Waals surface area (Å²) in [7, 11) is 3.18. The van der Waals surface area contributed by atoms with Crippen LogP contribution in [0, 0.1) is 0 Å². The SMILES string of the molecule is COc1ccc(-c2noc(CCC(C)N)n2)cc1OC. The van der Waals surface area contributed by atoms with Crippen LogP contribution in [-0.2, 0) is 6.42 Å². The summed E-state index contributed by atoms with van der Waals surface area (Å²) in [6.45, 7) is 1.95. The minimum absolute atomic E-state index is 0.117. The summed E-state index contributed by atoms with van der Waals surface area (Å²) in [5.74, 6) is 2.42. The van der Waals surface area contributed by atoms with Crippen LogP contribution in [0.2, 0.25) is 0 Å². The van der Waals surface area contributed by atoms with Crippen LogP contribution in [0.15, 0.2) is 22.7 Å². The van der Waals surface area contributed by atoms with Crippen LogP contribution < -0.4 is 15.2 Å². The molecule has 0 fully saturated rings. The minimum atomic E-state index is 0.117. The zero-order valence-corrected chi connectivity index (χ0v) is 11.9. The van der Waals surface area contributed by atoms with Crippen molar-refractivity contribution >= 4 is 0 Å². The number of rotatable bonds is 6. The Balaban J connectivity index is 2.19. The average molecular weight is 277 g/mol. The average Bonchev–Trinajstić information content (AvgIpc) is 2.93. The van der Waals surface area contributed by atoms with Crippen LogP contribution >= 0.6 is 0 Å². The van der Waals surface area contributed by atoms with E-state index in [-0.39, 0.29) is 6.04 Å². The number of ether oxygens (including phenoxy) is 2. The number of aromatic nitrogens is 2. The Hall–Kier alpha value is -2.08. The van der Waals surface area contributed by atoms with Crippen molar-refractivity contribution in [1.82, 2.24) is 10.1 Å². The number of hydrogen-bond acceptors (Lipinski definition) is 6. The molecule has 1 aromatic heterocycles. The highest BCUT2D eigenvalue weighted by Gasteiger charge is 2.12. The van der Waals surface area contributed by atoms with E-state index in [4.69, 9.17) is 19.7 Å². The van der Waals surface area contributed by atoms with Gasteiger partial charge in [-0.25, -0.2) is 0 Å². The van der Waals surface area contributed by atoms with Gasteiger partial charge in [-0.1, -0.05) is 5.16 Å². The second kappa shape index (κ2) is 6.38. The summed E-state index contributed by atoms with van der Waals surface area (Å²) in [5.41, 5.74) is 6.53. The normalized spacial score (nSPS) is 12.2. The van der Waals surface area contributed by atoms with Crippen molar-refractivity contribution in [2.75, 3.05) is 14.2 Å². The fourth-order valence-electron chi connectivity index (χ4n) is 1.80. The van der Waals surface area contributed by atoms with Gasteiger partial charge in [-0.05, 0) is 31.5 Å². The minimum Gasteiger partial charge on any atom is -0.493 e. The largest absolute Gasteiger partial charge is 0.493 e. The monoisotopic (exact) mass is 277 g/mol. The van der Waals surface area contributed by atoms with Gasteiger partial charge in [0.2, 0.25) is 11.7 Å². The van der Waals surface area contributed by atoms with E-state index in [0.29, 0.717) is 29.6 Å². The quantitative estimate of drug-likeness (QED) is 0.869. The van der Waals surface area contributed by atoms with Gasteiger partial charge in [0, 0.05) is 18.0 Å². The number of methoxy groups -OCH3 is 2. The molecule has 0 saturated carbocycles. The molecule has 0 amide bonds. The molecular formula is C14H19N3O3. The molecule has 0 saturated heterocycles. The molecule has 1 aromatic carbocycles. The first-order chi connectivity index (χ1) is 9.63. The standard InChI is InChI=1S/C14H19N3O3/c1-9(15)4-7-13-16-14(17-20-13)10-5-6-11(18-2)12(8-10)19-3/h5-6,8-9H,4,7,15H2,1-3H3. The third-order valence-electron chi connectivity index (χ3n) is 2.92. The Morgan fingerprint density at radius 2 is 2.00 bits per heavy atom. The van der Waals surface area contributed by atoms with Gasteiger partial charge in [0.05, 0.1) is 14.2 Å². The molecule has 1 atom stereocenters. The molecule has 2 N–H and O–H groups in total. The van der Waals surface area contributed by atoms with E-state index in [1.54, 1.807) is 14.2 Å². The molecule has 20 heavy (non-hydrogen) atoms. The maximum absolute atomic E-state index is 5.71. The van der Waals surface area contributed by atoms with E-state index in [9.17, 15) is 0 Å². The van der Waals surface area contributed by atoms with E-state index in [1.165, 1.54) is 0 Å². The molecule has 0 aliphatic heterocycles. The molecule has 6 heteroatoms. The highest BCUT2D eigenvalue weighted by Crippen LogP contribution is 2.31. The van der Waals surface area contributed by atoms with Crippen LogP contribution in [-0.4, -0.2) is 30.4 Å². The lowest BCUT2D eigenvalue weighted by Gasteiger charge is -2.07. The predicted octanol–water partition coefficient (Wildman–Crippen LogP) is 2.03. The Labute approximate surface area is 117 Å². The van der Waals surface area contributed by atoms with E-state index in [1.807, 2.05) is 25.1 Å². The Morgan fingerprint density at radius 3 is 2.65 bits per heavy atom. The number of hydrogen-bond donors (Lipinski definition) is 1. The summed E-state index contributed by atoms with van der Waals surface area (Å²) in [6, 6.07) is 5.61. The van der Waals surface area contributed by atoms with Gasteiger partial charge in [-0.15, -0.1) is 0 Å². The lowest BCUT2D eigenvalue weighted by Crippen LogP contribution is -2.15. The molecule has 2 rings (SSSR count). The highest BCUT2D eigenvalue weighted by atomic mass is 16.5. The van der Waals surface area contributed by atoms with Gasteiger partial charge in [0.25, 0.3) is 0 Å². The fraction of sp³-hybridized carbons (Fsp3) is 0.429. The number of benzene rings is 1. The van der Waals surface area contributed by atoms with E-state index >= 15 is 0 Å². The molecule has 0 spiro atoms. The van der Waals surface area contributed by atoms with Crippen molar-refractivity contribution < 1.29 is 14.0 Å². The van der Waals surface area contributed by atoms with Crippen LogP contribution in [0.25, 0.3) is 11.4 Å². The molecule has 0 radical (unpaired) electrons.